The first-order chi connectivity index (χ1) is 11.2. The second-order valence-corrected chi connectivity index (χ2v) is 5.08. The minimum atomic E-state index is -0.301. The van der Waals surface area contributed by atoms with Gasteiger partial charge in [0.2, 0.25) is 0 Å². The molecule has 4 rings (SSSR count). The minimum Gasteiger partial charge on any atom is -0.342 e. The molecule has 4 heterocycles. The fraction of sp³-hybridized carbons (Fsp3) is 0.143. The fourth-order valence-electron chi connectivity index (χ4n) is 2.38. The molecular formula is C14H12N8O. The molecule has 0 bridgehead atoms. The molecule has 0 radical (unpaired) electrons. The largest absolute Gasteiger partial charge is 0.342 e. The summed E-state index contributed by atoms with van der Waals surface area (Å²) in [6, 6.07) is 8.70. The Hall–Kier alpha value is -3.36. The molecule has 0 spiro atoms. The Labute approximate surface area is 130 Å². The summed E-state index contributed by atoms with van der Waals surface area (Å²) in [4.78, 5) is 12.4. The van der Waals surface area contributed by atoms with Gasteiger partial charge < -0.3 is 5.32 Å². The summed E-state index contributed by atoms with van der Waals surface area (Å²) in [5.74, 6) is 0.431. The van der Waals surface area contributed by atoms with Crippen LogP contribution in [0.2, 0.25) is 0 Å². The minimum absolute atomic E-state index is 0.234. The average molecular weight is 308 g/mol. The molecule has 0 aromatic carbocycles. The third-order valence-electron chi connectivity index (χ3n) is 3.53. The van der Waals surface area contributed by atoms with Gasteiger partial charge in [-0.15, -0.1) is 15.3 Å². The summed E-state index contributed by atoms with van der Waals surface area (Å²) in [5.41, 5.74) is 1.78. The van der Waals surface area contributed by atoms with E-state index in [1.807, 2.05) is 35.7 Å². The van der Waals surface area contributed by atoms with Gasteiger partial charge in [-0.2, -0.15) is 4.52 Å². The van der Waals surface area contributed by atoms with Gasteiger partial charge in [0.15, 0.2) is 17.1 Å². The fourth-order valence-corrected chi connectivity index (χ4v) is 2.38. The maximum absolute atomic E-state index is 12.4. The number of carbonyl (C=O) groups excluding carboxylic acids is 1. The highest BCUT2D eigenvalue weighted by atomic mass is 16.1. The number of pyridine rings is 2. The van der Waals surface area contributed by atoms with E-state index in [1.165, 1.54) is 4.52 Å². The number of aromatic nitrogens is 7. The summed E-state index contributed by atoms with van der Waals surface area (Å²) in [6.07, 6.45) is 3.44. The van der Waals surface area contributed by atoms with E-state index in [0.29, 0.717) is 17.0 Å². The number of fused-ring (bicyclic) bond motifs is 2. The summed E-state index contributed by atoms with van der Waals surface area (Å²) in [6.45, 7) is 1.86. The van der Waals surface area contributed by atoms with Gasteiger partial charge in [0.1, 0.15) is 0 Å². The third-order valence-corrected chi connectivity index (χ3v) is 3.53. The molecule has 9 heteroatoms. The van der Waals surface area contributed by atoms with Crippen LogP contribution in [0.25, 0.3) is 11.3 Å². The van der Waals surface area contributed by atoms with E-state index in [2.05, 4.69) is 31.0 Å². The van der Waals surface area contributed by atoms with Gasteiger partial charge in [-0.3, -0.25) is 9.20 Å². The van der Waals surface area contributed by atoms with Crippen molar-refractivity contribution in [1.29, 1.82) is 0 Å². The Kier molecular flexibility index (Phi) is 2.97. The number of hydrogen-bond donors (Lipinski definition) is 1. The van der Waals surface area contributed by atoms with Crippen molar-refractivity contribution in [2.45, 2.75) is 13.0 Å². The molecule has 0 fully saturated rings. The summed E-state index contributed by atoms with van der Waals surface area (Å²) >= 11 is 0. The molecule has 4 aromatic heterocycles. The summed E-state index contributed by atoms with van der Waals surface area (Å²) < 4.78 is 3.29. The van der Waals surface area contributed by atoms with Crippen LogP contribution in [-0.2, 0) is 0 Å². The van der Waals surface area contributed by atoms with Crippen molar-refractivity contribution in [3.63, 3.8) is 0 Å². The molecule has 114 valence electrons. The first-order valence-corrected chi connectivity index (χ1v) is 7.00. The molecule has 0 saturated heterocycles. The van der Waals surface area contributed by atoms with Crippen LogP contribution in [0.5, 0.6) is 0 Å². The van der Waals surface area contributed by atoms with Crippen LogP contribution in [0.3, 0.4) is 0 Å². The smallest absolute Gasteiger partial charge is 0.253 e. The molecule has 0 saturated carbocycles. The van der Waals surface area contributed by atoms with E-state index in [0.717, 1.165) is 5.65 Å². The predicted molar refractivity (Wildman–Crippen MR) is 79.7 cm³/mol. The van der Waals surface area contributed by atoms with E-state index >= 15 is 0 Å². The maximum Gasteiger partial charge on any atom is 0.253 e. The highest BCUT2D eigenvalue weighted by Gasteiger charge is 2.17. The maximum atomic E-state index is 12.4. The quantitative estimate of drug-likeness (QED) is 0.596. The summed E-state index contributed by atoms with van der Waals surface area (Å²) in [5, 5.41) is 22.3. The highest BCUT2D eigenvalue weighted by Crippen LogP contribution is 2.13. The van der Waals surface area contributed by atoms with Crippen LogP contribution < -0.4 is 5.32 Å². The van der Waals surface area contributed by atoms with E-state index in [4.69, 9.17) is 0 Å². The highest BCUT2D eigenvalue weighted by molar-refractivity contribution is 5.94. The second kappa shape index (κ2) is 5.13. The van der Waals surface area contributed by atoms with Gasteiger partial charge in [-0.05, 0) is 41.6 Å². The standard InChI is InChI=1S/C14H12N8O/c1-9(13-18-16-11-4-2-3-7-21(11)13)15-14(23)10-5-6-12-17-19-20-22(12)8-10/h2-9H,1H3,(H,15,23)/t9-/m1/s1. The Balaban J connectivity index is 1.60. The van der Waals surface area contributed by atoms with Crippen LogP contribution in [-0.4, -0.2) is 40.5 Å². The molecule has 1 amide bonds. The zero-order valence-corrected chi connectivity index (χ0v) is 12.2. The Morgan fingerprint density at radius 1 is 1.13 bits per heavy atom. The van der Waals surface area contributed by atoms with Gasteiger partial charge in [-0.25, -0.2) is 0 Å². The lowest BCUT2D eigenvalue weighted by Gasteiger charge is -2.12. The van der Waals surface area contributed by atoms with Gasteiger partial charge in [-0.1, -0.05) is 6.07 Å². The molecule has 0 aliphatic heterocycles. The van der Waals surface area contributed by atoms with E-state index < -0.39 is 0 Å². The molecule has 0 aliphatic rings. The topological polar surface area (TPSA) is 102 Å². The van der Waals surface area contributed by atoms with Gasteiger partial charge in [0.05, 0.1) is 11.6 Å². The van der Waals surface area contributed by atoms with Crippen molar-refractivity contribution >= 4 is 17.2 Å². The normalized spacial score (nSPS) is 12.6. The molecule has 1 atom stereocenters. The number of nitrogens with one attached hydrogen (secondary N) is 1. The van der Waals surface area contributed by atoms with Gasteiger partial charge in [0, 0.05) is 12.4 Å². The van der Waals surface area contributed by atoms with Crippen molar-refractivity contribution in [3.05, 3.63) is 54.1 Å². The average Bonchev–Trinajstić information content (AvgIpc) is 3.20. The summed E-state index contributed by atoms with van der Waals surface area (Å²) in [7, 11) is 0. The van der Waals surface area contributed by atoms with Crippen LogP contribution in [0.15, 0.2) is 42.7 Å². The lowest BCUT2D eigenvalue weighted by atomic mass is 10.2. The van der Waals surface area contributed by atoms with Gasteiger partial charge in [0.25, 0.3) is 5.91 Å². The Morgan fingerprint density at radius 3 is 2.96 bits per heavy atom. The molecule has 9 nitrogen and oxygen atoms in total. The number of rotatable bonds is 3. The van der Waals surface area contributed by atoms with Crippen LogP contribution in [0.4, 0.5) is 0 Å². The molecular weight excluding hydrogens is 296 g/mol. The molecule has 4 aromatic rings. The number of amides is 1. The number of hydrogen-bond acceptors (Lipinski definition) is 6. The molecule has 0 unspecified atom stereocenters. The number of carbonyl (C=O) groups is 1. The Bertz CT molecular complexity index is 1000. The van der Waals surface area contributed by atoms with Crippen molar-refractivity contribution in [3.8, 4) is 0 Å². The molecule has 1 N–H and O–H groups in total. The Morgan fingerprint density at radius 2 is 2.04 bits per heavy atom. The van der Waals surface area contributed by atoms with Crippen LogP contribution in [0.1, 0.15) is 29.1 Å². The number of nitrogens with zero attached hydrogens (tertiary/aromatic N) is 7. The third kappa shape index (κ3) is 2.27. The zero-order chi connectivity index (χ0) is 15.8. The van der Waals surface area contributed by atoms with Crippen molar-refractivity contribution in [2.24, 2.45) is 0 Å². The first-order valence-electron chi connectivity index (χ1n) is 7.00. The molecule has 23 heavy (non-hydrogen) atoms. The van der Waals surface area contributed by atoms with E-state index in [9.17, 15) is 4.79 Å². The van der Waals surface area contributed by atoms with E-state index in [-0.39, 0.29) is 11.9 Å². The van der Waals surface area contributed by atoms with Crippen molar-refractivity contribution in [1.82, 2.24) is 40.0 Å². The van der Waals surface area contributed by atoms with Crippen molar-refractivity contribution in [2.75, 3.05) is 0 Å². The van der Waals surface area contributed by atoms with E-state index in [1.54, 1.807) is 18.3 Å². The lowest BCUT2D eigenvalue weighted by molar-refractivity contribution is 0.0937. The number of tetrazole rings is 1. The van der Waals surface area contributed by atoms with Gasteiger partial charge >= 0.3 is 0 Å². The SMILES string of the molecule is C[C@@H](NC(=O)c1ccc2nnnn2c1)c1nnc2ccccn12. The first kappa shape index (κ1) is 13.3. The van der Waals surface area contributed by atoms with Crippen LogP contribution in [0, 0.1) is 0 Å². The predicted octanol–water partition coefficient (Wildman–Crippen LogP) is 0.658. The zero-order valence-electron chi connectivity index (χ0n) is 12.2. The monoisotopic (exact) mass is 308 g/mol. The molecule has 0 aliphatic carbocycles. The second-order valence-electron chi connectivity index (χ2n) is 5.08. The lowest BCUT2D eigenvalue weighted by Crippen LogP contribution is -2.28. The van der Waals surface area contributed by atoms with Crippen LogP contribution >= 0.6 is 0 Å². The van der Waals surface area contributed by atoms with Crippen molar-refractivity contribution < 1.29 is 4.79 Å².